The Bertz CT molecular complexity index is 1270. The van der Waals surface area contributed by atoms with Crippen LogP contribution in [0.15, 0.2) is 33.0 Å². The van der Waals surface area contributed by atoms with Crippen LogP contribution in [-0.4, -0.2) is 58.8 Å². The van der Waals surface area contributed by atoms with Crippen LogP contribution in [0.5, 0.6) is 0 Å². The lowest BCUT2D eigenvalue weighted by Gasteiger charge is -2.54. The van der Waals surface area contributed by atoms with E-state index in [9.17, 15) is 0 Å². The summed E-state index contributed by atoms with van der Waals surface area (Å²) in [5.74, 6) is 0.136. The Morgan fingerprint density at radius 2 is 2.09 bits per heavy atom. The number of aryl methyl sites for hydroxylation is 1. The molecule has 0 saturated carbocycles. The van der Waals surface area contributed by atoms with Gasteiger partial charge in [0, 0.05) is 44.3 Å². The van der Waals surface area contributed by atoms with Crippen LogP contribution < -0.4 is 10.2 Å². The van der Waals surface area contributed by atoms with E-state index < -0.39 is 5.41 Å². The van der Waals surface area contributed by atoms with Crippen molar-refractivity contribution in [1.82, 2.24) is 14.9 Å². The molecule has 1 saturated heterocycles. The third-order valence-corrected chi connectivity index (χ3v) is 6.82. The number of halogens is 1. The number of fused-ring (bicyclic) bond motifs is 5. The van der Waals surface area contributed by atoms with Crippen molar-refractivity contribution in [3.63, 3.8) is 0 Å². The highest BCUT2D eigenvalue weighted by Gasteiger charge is 2.52. The van der Waals surface area contributed by atoms with Gasteiger partial charge in [0.05, 0.1) is 40.9 Å². The molecule has 0 radical (unpaired) electrons. The van der Waals surface area contributed by atoms with Crippen molar-refractivity contribution in [3.8, 4) is 0 Å². The standard InChI is InChI=1S/C23H26FN7O2/c1-13-8-31-19-16(5-23(10-25-12-26-11-23)21(31)14(2)32-13)4-17-20(18(19)24)33-29-22(17)27-6-15-7-28-30(3)9-15/h4,7,9-11,13-14,21H,5-6,8,12H2,1-3H3,(H,27,29)/t13-,14+,21-/m1/s1. The number of anilines is 2. The van der Waals surface area contributed by atoms with Gasteiger partial charge in [-0.15, -0.1) is 0 Å². The van der Waals surface area contributed by atoms with E-state index in [1.165, 1.54) is 0 Å². The first-order chi connectivity index (χ1) is 15.9. The third kappa shape index (κ3) is 3.15. The van der Waals surface area contributed by atoms with Crippen LogP contribution in [0.3, 0.4) is 0 Å². The van der Waals surface area contributed by atoms with Crippen LogP contribution in [0, 0.1) is 11.2 Å². The van der Waals surface area contributed by atoms with E-state index in [-0.39, 0.29) is 29.7 Å². The van der Waals surface area contributed by atoms with Crippen LogP contribution >= 0.6 is 0 Å². The quantitative estimate of drug-likeness (QED) is 0.658. The van der Waals surface area contributed by atoms with Gasteiger partial charge in [0.2, 0.25) is 5.58 Å². The number of benzene rings is 1. The molecule has 6 rings (SSSR count). The Morgan fingerprint density at radius 3 is 2.85 bits per heavy atom. The molecule has 33 heavy (non-hydrogen) atoms. The van der Waals surface area contributed by atoms with Gasteiger partial charge < -0.3 is 19.5 Å². The maximum Gasteiger partial charge on any atom is 0.206 e. The van der Waals surface area contributed by atoms with Gasteiger partial charge in [-0.25, -0.2) is 4.39 Å². The molecule has 3 atom stereocenters. The van der Waals surface area contributed by atoms with Crippen LogP contribution in [0.4, 0.5) is 15.9 Å². The van der Waals surface area contributed by atoms with Crippen molar-refractivity contribution in [2.24, 2.45) is 22.4 Å². The zero-order chi connectivity index (χ0) is 22.7. The van der Waals surface area contributed by atoms with Crippen LogP contribution in [0.2, 0.25) is 0 Å². The maximum atomic E-state index is 16.0. The zero-order valence-electron chi connectivity index (χ0n) is 18.8. The maximum absolute atomic E-state index is 16.0. The molecule has 0 bridgehead atoms. The summed E-state index contributed by atoms with van der Waals surface area (Å²) in [6.07, 6.45) is 8.10. The molecular weight excluding hydrogens is 425 g/mol. The molecule has 10 heteroatoms. The summed E-state index contributed by atoms with van der Waals surface area (Å²) in [6, 6.07) is 1.89. The molecule has 172 valence electrons. The minimum Gasteiger partial charge on any atom is -0.372 e. The molecule has 1 spiro atoms. The first kappa shape index (κ1) is 20.3. The fourth-order valence-electron chi connectivity index (χ4n) is 5.67. The minimum atomic E-state index is -0.453. The predicted molar refractivity (Wildman–Crippen MR) is 124 cm³/mol. The molecule has 1 N–H and O–H groups in total. The fourth-order valence-corrected chi connectivity index (χ4v) is 5.67. The number of aromatic nitrogens is 3. The lowest BCUT2D eigenvalue weighted by molar-refractivity contribution is -0.0432. The van der Waals surface area contributed by atoms with Crippen molar-refractivity contribution in [3.05, 3.63) is 35.4 Å². The number of hydrogen-bond acceptors (Lipinski definition) is 8. The monoisotopic (exact) mass is 451 g/mol. The second-order valence-corrected chi connectivity index (χ2v) is 9.28. The smallest absolute Gasteiger partial charge is 0.206 e. The summed E-state index contributed by atoms with van der Waals surface area (Å²) < 4.78 is 29.4. The van der Waals surface area contributed by atoms with E-state index >= 15 is 4.39 Å². The summed E-state index contributed by atoms with van der Waals surface area (Å²) in [4.78, 5) is 11.1. The molecule has 2 aromatic heterocycles. The predicted octanol–water partition coefficient (Wildman–Crippen LogP) is 2.95. The van der Waals surface area contributed by atoms with Gasteiger partial charge in [-0.05, 0) is 31.9 Å². The molecule has 0 unspecified atom stereocenters. The summed E-state index contributed by atoms with van der Waals surface area (Å²) >= 11 is 0. The van der Waals surface area contributed by atoms with Gasteiger partial charge in [0.1, 0.15) is 6.67 Å². The number of rotatable bonds is 3. The SMILES string of the molecule is C[C@@H]1CN2c3c(cc4c(NCc5cnn(C)c5)noc4c3F)CC3(C=NCN=C3)[C@H]2[C@H](C)O1. The van der Waals surface area contributed by atoms with Crippen LogP contribution in [0.1, 0.15) is 25.0 Å². The average molecular weight is 452 g/mol. The molecule has 3 aliphatic heterocycles. The summed E-state index contributed by atoms with van der Waals surface area (Å²) in [5.41, 5.74) is 2.17. The van der Waals surface area contributed by atoms with E-state index in [1.54, 1.807) is 10.9 Å². The lowest BCUT2D eigenvalue weighted by Crippen LogP contribution is -2.65. The Balaban J connectivity index is 1.45. The molecule has 9 nitrogen and oxygen atoms in total. The lowest BCUT2D eigenvalue weighted by atomic mass is 9.69. The number of morpholine rings is 1. The van der Waals surface area contributed by atoms with Gasteiger partial charge in [-0.1, -0.05) is 5.16 Å². The Kier molecular flexibility index (Phi) is 4.55. The highest BCUT2D eigenvalue weighted by molar-refractivity contribution is 5.97. The van der Waals surface area contributed by atoms with Gasteiger partial charge in [0.15, 0.2) is 11.6 Å². The highest BCUT2D eigenvalue weighted by Crippen LogP contribution is 2.47. The van der Waals surface area contributed by atoms with Crippen molar-refractivity contribution in [1.29, 1.82) is 0 Å². The number of hydrogen-bond donors (Lipinski definition) is 1. The molecular formula is C23H26FN7O2. The van der Waals surface area contributed by atoms with E-state index in [0.29, 0.717) is 43.1 Å². The Labute approximate surface area is 190 Å². The second-order valence-electron chi connectivity index (χ2n) is 9.28. The average Bonchev–Trinajstić information content (AvgIpc) is 3.38. The van der Waals surface area contributed by atoms with Gasteiger partial charge in [0.25, 0.3) is 0 Å². The van der Waals surface area contributed by atoms with Gasteiger partial charge >= 0.3 is 0 Å². The Morgan fingerprint density at radius 1 is 1.27 bits per heavy atom. The van der Waals surface area contributed by atoms with Gasteiger partial charge in [-0.2, -0.15) is 5.10 Å². The fraction of sp³-hybridized carbons (Fsp3) is 0.478. The summed E-state index contributed by atoms with van der Waals surface area (Å²) in [6.45, 7) is 5.57. The number of aliphatic imine (C=N–C) groups is 2. The van der Waals surface area contributed by atoms with E-state index in [1.807, 2.05) is 45.6 Å². The number of ether oxygens (including phenoxy) is 1. The van der Waals surface area contributed by atoms with Crippen molar-refractivity contribution < 1.29 is 13.7 Å². The zero-order valence-corrected chi connectivity index (χ0v) is 18.8. The normalized spacial score (nSPS) is 25.5. The van der Waals surface area contributed by atoms with Crippen molar-refractivity contribution in [2.45, 2.75) is 45.1 Å². The number of nitrogens with one attached hydrogen (secondary N) is 1. The molecule has 5 heterocycles. The summed E-state index contributed by atoms with van der Waals surface area (Å²) in [5, 5.41) is 12.2. The largest absolute Gasteiger partial charge is 0.372 e. The Hall–Kier alpha value is -3.27. The second kappa shape index (κ2) is 7.38. The number of nitrogens with zero attached hydrogens (tertiary/aromatic N) is 6. The first-order valence-corrected chi connectivity index (χ1v) is 11.2. The van der Waals surface area contributed by atoms with Gasteiger partial charge in [-0.3, -0.25) is 14.7 Å². The van der Waals surface area contributed by atoms with E-state index in [2.05, 4.69) is 30.5 Å². The highest BCUT2D eigenvalue weighted by atomic mass is 19.1. The molecule has 0 amide bonds. The van der Waals surface area contributed by atoms with Crippen molar-refractivity contribution >= 4 is 34.9 Å². The molecule has 3 aromatic rings. The topological polar surface area (TPSA) is 93.1 Å². The molecule has 0 aliphatic carbocycles. The van der Waals surface area contributed by atoms with E-state index in [0.717, 1.165) is 11.1 Å². The first-order valence-electron chi connectivity index (χ1n) is 11.2. The van der Waals surface area contributed by atoms with E-state index in [4.69, 9.17) is 9.26 Å². The molecule has 1 fully saturated rings. The minimum absolute atomic E-state index is 0.0294. The summed E-state index contributed by atoms with van der Waals surface area (Å²) in [7, 11) is 1.87. The molecule has 1 aromatic carbocycles. The van der Waals surface area contributed by atoms with Crippen LogP contribution in [0.25, 0.3) is 11.0 Å². The van der Waals surface area contributed by atoms with Crippen molar-refractivity contribution in [2.75, 3.05) is 23.4 Å². The van der Waals surface area contributed by atoms with Crippen LogP contribution in [-0.2, 0) is 24.8 Å². The molecule has 3 aliphatic rings. The third-order valence-electron chi connectivity index (χ3n) is 6.82.